The molecule has 0 radical (unpaired) electrons. The van der Waals surface area contributed by atoms with Crippen molar-refractivity contribution in [2.75, 3.05) is 18.6 Å². The van der Waals surface area contributed by atoms with Gasteiger partial charge in [-0.1, -0.05) is 11.6 Å². The summed E-state index contributed by atoms with van der Waals surface area (Å²) in [4.78, 5) is 34.7. The second-order valence-corrected chi connectivity index (χ2v) is 10.1. The molecule has 4 heterocycles. The van der Waals surface area contributed by atoms with Crippen molar-refractivity contribution in [3.8, 4) is 11.8 Å². The van der Waals surface area contributed by atoms with Crippen LogP contribution in [0.25, 0.3) is 15.0 Å². The summed E-state index contributed by atoms with van der Waals surface area (Å²) >= 11 is 8.99. The van der Waals surface area contributed by atoms with E-state index in [2.05, 4.69) is 11.1 Å². The summed E-state index contributed by atoms with van der Waals surface area (Å²) in [7, 11) is 1.36. The van der Waals surface area contributed by atoms with Crippen LogP contribution < -0.4 is 9.64 Å². The molecule has 0 saturated carbocycles. The number of hydrogen-bond donors (Lipinski definition) is 0. The van der Waals surface area contributed by atoms with Gasteiger partial charge < -0.3 is 9.64 Å². The summed E-state index contributed by atoms with van der Waals surface area (Å²) in [6.07, 6.45) is 5.07. The second kappa shape index (κ2) is 8.91. The monoisotopic (exact) mass is 514 g/mol. The highest BCUT2D eigenvalue weighted by atomic mass is 35.5. The van der Waals surface area contributed by atoms with Crippen molar-refractivity contribution in [3.05, 3.63) is 58.5 Å². The van der Waals surface area contributed by atoms with E-state index < -0.39 is 23.1 Å². The lowest BCUT2D eigenvalue weighted by molar-refractivity contribution is -0.119. The molecule has 1 aromatic carbocycles. The minimum absolute atomic E-state index is 0.0246. The standard InChI is InChI=1S/C23H16ClFN4O3S2/c1-32-18-7-13(14(24)8-15(18)25)19-9-16-21(34-19)22(30)29(23(31)28(16)5-2-4-26)17-11-27-10-12-3-6-33-20(12)17/h3,6-11,16,21H,2,5H2,1H3. The van der Waals surface area contributed by atoms with Gasteiger partial charge in [-0.05, 0) is 29.7 Å². The molecule has 2 aliphatic rings. The highest BCUT2D eigenvalue weighted by molar-refractivity contribution is 8.09. The quantitative estimate of drug-likeness (QED) is 0.459. The van der Waals surface area contributed by atoms with Gasteiger partial charge in [-0.25, -0.2) is 14.1 Å². The number of imide groups is 1. The molecule has 3 amide bonds. The largest absolute Gasteiger partial charge is 0.494 e. The topological polar surface area (TPSA) is 86.5 Å². The lowest BCUT2D eigenvalue weighted by atomic mass is 10.0. The Hall–Kier alpha value is -3.13. The van der Waals surface area contributed by atoms with Crippen LogP contribution in [-0.2, 0) is 4.79 Å². The van der Waals surface area contributed by atoms with Gasteiger partial charge in [0.2, 0.25) is 0 Å². The Labute approximate surface area is 207 Å². The first-order chi connectivity index (χ1) is 16.4. The number of urea groups is 1. The van der Waals surface area contributed by atoms with Crippen LogP contribution in [0.4, 0.5) is 14.9 Å². The highest BCUT2D eigenvalue weighted by Gasteiger charge is 2.50. The van der Waals surface area contributed by atoms with E-state index in [0.29, 0.717) is 16.2 Å². The highest BCUT2D eigenvalue weighted by Crippen LogP contribution is 2.48. The van der Waals surface area contributed by atoms with Crippen molar-refractivity contribution < 1.29 is 18.7 Å². The van der Waals surface area contributed by atoms with Crippen molar-refractivity contribution in [3.63, 3.8) is 0 Å². The maximum absolute atomic E-state index is 14.1. The molecule has 2 unspecified atom stereocenters. The Morgan fingerprint density at radius 3 is 2.91 bits per heavy atom. The van der Waals surface area contributed by atoms with Crippen LogP contribution >= 0.6 is 34.7 Å². The predicted octanol–water partition coefficient (Wildman–Crippen LogP) is 5.30. The molecule has 34 heavy (non-hydrogen) atoms. The van der Waals surface area contributed by atoms with Gasteiger partial charge in [0.25, 0.3) is 5.91 Å². The predicted molar refractivity (Wildman–Crippen MR) is 131 cm³/mol. The minimum atomic E-state index is -0.659. The average molecular weight is 515 g/mol. The van der Waals surface area contributed by atoms with Crippen LogP contribution in [0.5, 0.6) is 5.75 Å². The third-order valence-electron chi connectivity index (χ3n) is 5.70. The molecule has 2 atom stereocenters. The molecule has 11 heteroatoms. The van der Waals surface area contributed by atoms with Gasteiger partial charge in [0, 0.05) is 28.6 Å². The zero-order valence-corrected chi connectivity index (χ0v) is 20.1. The number of carbonyl (C=O) groups is 2. The molecule has 1 saturated heterocycles. The first-order valence-electron chi connectivity index (χ1n) is 10.2. The lowest BCUT2D eigenvalue weighted by Crippen LogP contribution is -2.62. The number of pyridine rings is 1. The molecule has 2 aliphatic heterocycles. The van der Waals surface area contributed by atoms with Gasteiger partial charge in [0.1, 0.15) is 5.25 Å². The molecular formula is C23H16ClFN4O3S2. The van der Waals surface area contributed by atoms with Gasteiger partial charge in [-0.3, -0.25) is 9.78 Å². The normalized spacial score (nSPS) is 19.9. The maximum Gasteiger partial charge on any atom is 0.332 e. The minimum Gasteiger partial charge on any atom is -0.494 e. The molecule has 0 bridgehead atoms. The fourth-order valence-corrected chi connectivity index (χ4v) is 6.65. The number of anilines is 1. The number of carbonyl (C=O) groups excluding carboxylic acids is 2. The van der Waals surface area contributed by atoms with Crippen LogP contribution in [0.15, 0.2) is 42.0 Å². The van der Waals surface area contributed by atoms with Crippen molar-refractivity contribution >= 4 is 67.3 Å². The number of thiophene rings is 1. The van der Waals surface area contributed by atoms with E-state index in [1.165, 1.54) is 47.4 Å². The number of aromatic nitrogens is 1. The van der Waals surface area contributed by atoms with Crippen molar-refractivity contribution in [1.82, 2.24) is 9.88 Å². The summed E-state index contributed by atoms with van der Waals surface area (Å²) in [5.74, 6) is -0.953. The van der Waals surface area contributed by atoms with Gasteiger partial charge in [0.05, 0.1) is 47.2 Å². The van der Waals surface area contributed by atoms with E-state index in [9.17, 15) is 14.0 Å². The molecule has 0 aliphatic carbocycles. The zero-order valence-electron chi connectivity index (χ0n) is 17.7. The SMILES string of the molecule is COc1cc(C2=CC3C(S2)C(=O)N(c2cncc4ccsc24)C(=O)N3CCC#N)c(Cl)cc1F. The summed E-state index contributed by atoms with van der Waals surface area (Å²) in [6.45, 7) is 0.152. The van der Waals surface area contributed by atoms with Crippen LogP contribution in [0.2, 0.25) is 5.02 Å². The summed E-state index contributed by atoms with van der Waals surface area (Å²) in [5, 5.41) is 11.4. The first-order valence-corrected chi connectivity index (χ1v) is 12.3. The molecule has 1 fully saturated rings. The number of hydrogen-bond acceptors (Lipinski definition) is 7. The number of halogens is 2. The van der Waals surface area contributed by atoms with E-state index in [4.69, 9.17) is 21.6 Å². The number of ether oxygens (including phenoxy) is 1. The third kappa shape index (κ3) is 3.60. The smallest absolute Gasteiger partial charge is 0.332 e. The molecule has 172 valence electrons. The average Bonchev–Trinajstić information content (AvgIpc) is 3.47. The number of nitrogens with zero attached hydrogens (tertiary/aromatic N) is 4. The number of rotatable bonds is 5. The fourth-order valence-electron chi connectivity index (χ4n) is 4.12. The van der Waals surface area contributed by atoms with Gasteiger partial charge in [-0.15, -0.1) is 23.1 Å². The van der Waals surface area contributed by atoms with Crippen LogP contribution in [0.3, 0.4) is 0 Å². The summed E-state index contributed by atoms with van der Waals surface area (Å²) < 4.78 is 19.9. The molecule has 7 nitrogen and oxygen atoms in total. The van der Waals surface area contributed by atoms with E-state index in [0.717, 1.165) is 21.1 Å². The van der Waals surface area contributed by atoms with E-state index in [1.807, 2.05) is 11.4 Å². The van der Waals surface area contributed by atoms with Gasteiger partial charge in [0.15, 0.2) is 11.6 Å². The second-order valence-electron chi connectivity index (χ2n) is 7.58. The maximum atomic E-state index is 14.1. The van der Waals surface area contributed by atoms with E-state index in [-0.39, 0.29) is 29.6 Å². The van der Waals surface area contributed by atoms with Crippen LogP contribution in [-0.4, -0.2) is 46.8 Å². The third-order valence-corrected chi connectivity index (χ3v) is 8.31. The molecule has 3 aromatic rings. The first kappa shape index (κ1) is 22.7. The Morgan fingerprint density at radius 2 is 2.15 bits per heavy atom. The molecular weight excluding hydrogens is 499 g/mol. The zero-order chi connectivity index (χ0) is 24.0. The van der Waals surface area contributed by atoms with E-state index >= 15 is 0 Å². The Bertz CT molecular complexity index is 1400. The Kier molecular flexibility index (Phi) is 5.93. The summed E-state index contributed by atoms with van der Waals surface area (Å²) in [5.41, 5.74) is 0.923. The Morgan fingerprint density at radius 1 is 1.32 bits per heavy atom. The fraction of sp³-hybridized carbons (Fsp3) is 0.217. The van der Waals surface area contributed by atoms with E-state index in [1.54, 1.807) is 12.3 Å². The number of nitriles is 1. The number of amides is 3. The van der Waals surface area contributed by atoms with Crippen molar-refractivity contribution in [2.24, 2.45) is 0 Å². The van der Waals surface area contributed by atoms with Crippen LogP contribution in [0, 0.1) is 17.1 Å². The van der Waals surface area contributed by atoms with Crippen LogP contribution in [0.1, 0.15) is 12.0 Å². The summed E-state index contributed by atoms with van der Waals surface area (Å²) in [6, 6.07) is 5.50. The number of thioether (sulfide) groups is 1. The molecule has 2 aromatic heterocycles. The number of benzene rings is 1. The van der Waals surface area contributed by atoms with Crippen molar-refractivity contribution in [1.29, 1.82) is 5.26 Å². The molecule has 0 spiro atoms. The van der Waals surface area contributed by atoms with Gasteiger partial charge >= 0.3 is 6.03 Å². The number of methoxy groups -OCH3 is 1. The lowest BCUT2D eigenvalue weighted by Gasteiger charge is -2.40. The Balaban J connectivity index is 1.58. The molecule has 0 N–H and O–H groups in total. The van der Waals surface area contributed by atoms with Gasteiger partial charge in [-0.2, -0.15) is 5.26 Å². The molecule has 5 rings (SSSR count). The number of fused-ring (bicyclic) bond motifs is 2. The van der Waals surface area contributed by atoms with Crippen molar-refractivity contribution in [2.45, 2.75) is 17.7 Å².